The molecule has 20 heavy (non-hydrogen) atoms. The maximum atomic E-state index is 14.1. The molecule has 0 amide bonds. The lowest BCUT2D eigenvalue weighted by molar-refractivity contribution is -0.213. The zero-order valence-corrected chi connectivity index (χ0v) is 14.0. The van der Waals surface area contributed by atoms with Crippen molar-refractivity contribution in [3.05, 3.63) is 29.6 Å². The van der Waals surface area contributed by atoms with Crippen LogP contribution < -0.4 is 4.74 Å². The van der Waals surface area contributed by atoms with Gasteiger partial charge in [0.15, 0.2) is 5.79 Å². The fourth-order valence-corrected chi connectivity index (χ4v) is 2.55. The normalized spacial score (nSPS) is 14.9. The Hall–Kier alpha value is -0.913. The fourth-order valence-electron chi connectivity index (χ4n) is 1.84. The third-order valence-electron chi connectivity index (χ3n) is 3.27. The summed E-state index contributed by atoms with van der Waals surface area (Å²) in [5.74, 6) is -1.66. The molecule has 0 aliphatic heterocycles. The van der Waals surface area contributed by atoms with Crippen molar-refractivity contribution in [3.8, 4) is 5.75 Å². The quantitative estimate of drug-likeness (QED) is 0.616. The second-order valence-electron chi connectivity index (χ2n) is 6.14. The minimum Gasteiger partial charge on any atom is -0.497 e. The summed E-state index contributed by atoms with van der Waals surface area (Å²) in [4.78, 5) is 0. The topological polar surface area (TPSA) is 38.7 Å². The van der Waals surface area contributed by atoms with Crippen LogP contribution in [0.3, 0.4) is 0 Å². The predicted octanol–water partition coefficient (Wildman–Crippen LogP) is 3.74. The van der Waals surface area contributed by atoms with Crippen molar-refractivity contribution >= 4 is 8.07 Å². The van der Waals surface area contributed by atoms with E-state index < -0.39 is 19.7 Å². The summed E-state index contributed by atoms with van der Waals surface area (Å²) in [6.45, 7) is 8.91. The van der Waals surface area contributed by atoms with Gasteiger partial charge in [0.1, 0.15) is 11.6 Å². The number of methoxy groups -OCH3 is 1. The lowest BCUT2D eigenvalue weighted by Gasteiger charge is -2.29. The molecule has 1 unspecified atom stereocenters. The van der Waals surface area contributed by atoms with Gasteiger partial charge in [0, 0.05) is 32.7 Å². The molecule has 0 fully saturated rings. The second-order valence-corrected chi connectivity index (χ2v) is 11.8. The van der Waals surface area contributed by atoms with Gasteiger partial charge < -0.3 is 14.6 Å². The molecule has 3 nitrogen and oxygen atoms in total. The highest BCUT2D eigenvalue weighted by atomic mass is 28.3. The summed E-state index contributed by atoms with van der Waals surface area (Å²) in [6, 6.07) is 5.33. The minimum absolute atomic E-state index is 0.163. The zero-order valence-electron chi connectivity index (χ0n) is 13.0. The van der Waals surface area contributed by atoms with E-state index in [-0.39, 0.29) is 5.56 Å². The molecule has 0 bridgehead atoms. The molecule has 0 aromatic heterocycles. The Balaban J connectivity index is 2.87. The number of hydrogen-bond donors (Lipinski definition) is 1. The maximum Gasteiger partial charge on any atom is 0.194 e. The molecular formula is C15H25FO3Si. The first-order chi connectivity index (χ1) is 9.22. The number of ether oxygens (including phenoxy) is 2. The Bertz CT molecular complexity index is 445. The lowest BCUT2D eigenvalue weighted by atomic mass is 10.0. The molecular weight excluding hydrogens is 275 g/mol. The highest BCUT2D eigenvalue weighted by molar-refractivity contribution is 6.76. The monoisotopic (exact) mass is 300 g/mol. The van der Waals surface area contributed by atoms with Crippen LogP contribution in [0.2, 0.25) is 25.7 Å². The van der Waals surface area contributed by atoms with E-state index in [2.05, 4.69) is 19.6 Å². The molecule has 1 aromatic carbocycles. The molecule has 1 N–H and O–H groups in total. The lowest BCUT2D eigenvalue weighted by Crippen LogP contribution is -2.32. The first-order valence-corrected chi connectivity index (χ1v) is 10.6. The minimum atomic E-state index is -1.57. The highest BCUT2D eigenvalue weighted by Gasteiger charge is 2.32. The Morgan fingerprint density at radius 2 is 1.95 bits per heavy atom. The van der Waals surface area contributed by atoms with Gasteiger partial charge in [-0.25, -0.2) is 4.39 Å². The molecule has 0 aliphatic rings. The summed E-state index contributed by atoms with van der Waals surface area (Å²) in [5.41, 5.74) is 0.163. The van der Waals surface area contributed by atoms with E-state index in [0.717, 1.165) is 6.04 Å². The third kappa shape index (κ3) is 4.58. The van der Waals surface area contributed by atoms with Crippen LogP contribution >= 0.6 is 0 Å². The zero-order chi connectivity index (χ0) is 15.4. The van der Waals surface area contributed by atoms with Crippen LogP contribution in [0.1, 0.15) is 18.9 Å². The standard InChI is InChI=1S/C15H25FO3Si/c1-6-15(17,19-9-10-20(3,4)5)13-8-7-12(18-2)11-14(13)16/h7-8,11,17H,6,9-10H2,1-5H3. The van der Waals surface area contributed by atoms with Crippen LogP contribution in [0.15, 0.2) is 18.2 Å². The van der Waals surface area contributed by atoms with Crippen molar-refractivity contribution < 1.29 is 19.0 Å². The molecule has 0 radical (unpaired) electrons. The van der Waals surface area contributed by atoms with E-state index in [4.69, 9.17) is 9.47 Å². The average Bonchev–Trinajstić information content (AvgIpc) is 2.36. The summed E-state index contributed by atoms with van der Waals surface area (Å²) >= 11 is 0. The van der Waals surface area contributed by atoms with E-state index in [9.17, 15) is 9.50 Å². The molecule has 1 aromatic rings. The average molecular weight is 300 g/mol. The van der Waals surface area contributed by atoms with Gasteiger partial charge in [-0.1, -0.05) is 26.6 Å². The summed E-state index contributed by atoms with van der Waals surface area (Å²) < 4.78 is 24.6. The summed E-state index contributed by atoms with van der Waals surface area (Å²) in [5, 5.41) is 10.5. The van der Waals surface area contributed by atoms with Gasteiger partial charge in [0.2, 0.25) is 0 Å². The van der Waals surface area contributed by atoms with Crippen molar-refractivity contribution in [3.63, 3.8) is 0 Å². The number of halogens is 1. The summed E-state index contributed by atoms with van der Waals surface area (Å²) in [6.07, 6.45) is 0.294. The smallest absolute Gasteiger partial charge is 0.194 e. The van der Waals surface area contributed by atoms with Gasteiger partial charge in [-0.05, 0) is 18.2 Å². The number of hydrogen-bond acceptors (Lipinski definition) is 3. The fraction of sp³-hybridized carbons (Fsp3) is 0.600. The van der Waals surface area contributed by atoms with E-state index in [0.29, 0.717) is 18.8 Å². The van der Waals surface area contributed by atoms with Crippen LogP contribution in [0.4, 0.5) is 4.39 Å². The highest BCUT2D eigenvalue weighted by Crippen LogP contribution is 2.31. The first-order valence-electron chi connectivity index (χ1n) is 6.92. The molecule has 1 rings (SSSR count). The van der Waals surface area contributed by atoms with E-state index >= 15 is 0 Å². The van der Waals surface area contributed by atoms with Crippen molar-refractivity contribution in [1.82, 2.24) is 0 Å². The van der Waals surface area contributed by atoms with Gasteiger partial charge in [-0.15, -0.1) is 0 Å². The van der Waals surface area contributed by atoms with E-state index in [1.807, 2.05) is 0 Å². The largest absolute Gasteiger partial charge is 0.497 e. The van der Waals surface area contributed by atoms with Crippen molar-refractivity contribution in [2.24, 2.45) is 0 Å². The molecule has 0 saturated carbocycles. The second kappa shape index (κ2) is 6.69. The Morgan fingerprint density at radius 1 is 1.30 bits per heavy atom. The Morgan fingerprint density at radius 3 is 2.40 bits per heavy atom. The van der Waals surface area contributed by atoms with Gasteiger partial charge >= 0.3 is 0 Å². The van der Waals surface area contributed by atoms with E-state index in [1.165, 1.54) is 19.2 Å². The number of rotatable bonds is 7. The van der Waals surface area contributed by atoms with Crippen molar-refractivity contribution in [2.75, 3.05) is 13.7 Å². The van der Waals surface area contributed by atoms with E-state index in [1.54, 1.807) is 13.0 Å². The van der Waals surface area contributed by atoms with Crippen LogP contribution in [-0.2, 0) is 10.5 Å². The number of aliphatic hydroxyl groups is 1. The molecule has 0 aliphatic carbocycles. The molecule has 0 heterocycles. The van der Waals surface area contributed by atoms with Crippen molar-refractivity contribution in [2.45, 2.75) is 44.8 Å². The summed E-state index contributed by atoms with van der Waals surface area (Å²) in [7, 11) is 0.228. The Labute approximate surface area is 121 Å². The van der Waals surface area contributed by atoms with Crippen LogP contribution in [0.5, 0.6) is 5.75 Å². The van der Waals surface area contributed by atoms with Gasteiger partial charge in [0.05, 0.1) is 7.11 Å². The maximum absolute atomic E-state index is 14.1. The van der Waals surface area contributed by atoms with Crippen LogP contribution in [-0.4, -0.2) is 26.9 Å². The number of benzene rings is 1. The van der Waals surface area contributed by atoms with Gasteiger partial charge in [-0.2, -0.15) is 0 Å². The van der Waals surface area contributed by atoms with Gasteiger partial charge in [0.25, 0.3) is 0 Å². The first kappa shape index (κ1) is 17.1. The third-order valence-corrected chi connectivity index (χ3v) is 4.97. The van der Waals surface area contributed by atoms with Crippen LogP contribution in [0, 0.1) is 5.82 Å². The SMILES string of the molecule is CCC(O)(OCC[Si](C)(C)C)c1ccc(OC)cc1F. The van der Waals surface area contributed by atoms with Crippen molar-refractivity contribution in [1.29, 1.82) is 0 Å². The molecule has 5 heteroatoms. The molecule has 0 spiro atoms. The predicted molar refractivity (Wildman–Crippen MR) is 81.2 cm³/mol. The molecule has 0 saturated heterocycles. The Kier molecular flexibility index (Phi) is 5.74. The molecule has 1 atom stereocenters. The van der Waals surface area contributed by atoms with Gasteiger partial charge in [-0.3, -0.25) is 0 Å². The molecule has 114 valence electrons. The van der Waals surface area contributed by atoms with Crippen LogP contribution in [0.25, 0.3) is 0 Å².